The molecule has 8 nitrogen and oxygen atoms in total. The molecule has 0 aromatic rings. The van der Waals surface area contributed by atoms with Gasteiger partial charge in [-0.2, -0.15) is 0 Å². The van der Waals surface area contributed by atoms with Crippen LogP contribution in [0.1, 0.15) is 6.42 Å². The van der Waals surface area contributed by atoms with Gasteiger partial charge in [-0.05, 0) is 6.42 Å². The lowest BCUT2D eigenvalue weighted by molar-refractivity contribution is -0.120. The normalized spacial score (nSPS) is 20.8. The molecule has 3 N–H and O–H groups in total. The molecule has 1 unspecified atom stereocenters. The fourth-order valence-corrected chi connectivity index (χ4v) is 3.35. The molecular formula is C10H19N3O5S. The molecule has 19 heavy (non-hydrogen) atoms. The van der Waals surface area contributed by atoms with Crippen LogP contribution in [0.3, 0.4) is 0 Å². The number of rotatable bonds is 6. The summed E-state index contributed by atoms with van der Waals surface area (Å²) >= 11 is 0. The van der Waals surface area contributed by atoms with Crippen molar-refractivity contribution in [2.24, 2.45) is 0 Å². The topological polar surface area (TPSA) is 114 Å². The molecule has 0 radical (unpaired) electrons. The number of urea groups is 1. The quantitative estimate of drug-likeness (QED) is 0.502. The van der Waals surface area contributed by atoms with E-state index in [0.29, 0.717) is 19.6 Å². The van der Waals surface area contributed by atoms with Gasteiger partial charge in [0, 0.05) is 19.7 Å². The summed E-state index contributed by atoms with van der Waals surface area (Å²) in [5.41, 5.74) is 0. The van der Waals surface area contributed by atoms with Crippen molar-refractivity contribution >= 4 is 21.8 Å². The average molecular weight is 293 g/mol. The largest absolute Gasteiger partial charge is 0.383 e. The molecule has 0 aromatic carbocycles. The number of hydrogen-bond donors (Lipinski definition) is 3. The fraction of sp³-hybridized carbons (Fsp3) is 0.800. The minimum Gasteiger partial charge on any atom is -0.383 e. The first-order valence-corrected chi connectivity index (χ1v) is 7.75. The van der Waals surface area contributed by atoms with Crippen molar-refractivity contribution in [2.75, 3.05) is 38.3 Å². The van der Waals surface area contributed by atoms with Gasteiger partial charge in [0.15, 0.2) is 9.84 Å². The summed E-state index contributed by atoms with van der Waals surface area (Å²) in [4.78, 5) is 22.7. The molecule has 1 atom stereocenters. The van der Waals surface area contributed by atoms with Crippen molar-refractivity contribution in [3.8, 4) is 0 Å². The molecule has 1 aliphatic heterocycles. The molecule has 0 saturated carbocycles. The molecule has 1 rings (SSSR count). The Morgan fingerprint density at radius 1 is 1.32 bits per heavy atom. The predicted molar refractivity (Wildman–Crippen MR) is 68.5 cm³/mol. The summed E-state index contributed by atoms with van der Waals surface area (Å²) < 4.78 is 27.1. The lowest BCUT2D eigenvalue weighted by atomic mass is 10.2. The zero-order valence-electron chi connectivity index (χ0n) is 10.8. The molecular weight excluding hydrogens is 274 g/mol. The summed E-state index contributed by atoms with van der Waals surface area (Å²) in [6.45, 7) is 0.555. The third kappa shape index (κ3) is 6.39. The summed E-state index contributed by atoms with van der Waals surface area (Å²) in [5.74, 6) is -0.328. The van der Waals surface area contributed by atoms with Crippen LogP contribution in [0.25, 0.3) is 0 Å². The number of ether oxygens (including phenoxy) is 1. The van der Waals surface area contributed by atoms with Crippen LogP contribution in [0.15, 0.2) is 0 Å². The first-order valence-electron chi connectivity index (χ1n) is 5.93. The molecule has 1 saturated heterocycles. The van der Waals surface area contributed by atoms with Crippen molar-refractivity contribution in [1.29, 1.82) is 0 Å². The second kappa shape index (κ2) is 7.29. The number of nitrogens with one attached hydrogen (secondary N) is 3. The van der Waals surface area contributed by atoms with Crippen LogP contribution < -0.4 is 16.0 Å². The molecule has 9 heteroatoms. The number of hydrogen-bond acceptors (Lipinski definition) is 5. The van der Waals surface area contributed by atoms with Crippen molar-refractivity contribution in [3.63, 3.8) is 0 Å². The monoisotopic (exact) mass is 293 g/mol. The summed E-state index contributed by atoms with van der Waals surface area (Å²) in [5, 5.41) is 7.44. The maximum atomic E-state index is 11.5. The van der Waals surface area contributed by atoms with Gasteiger partial charge in [-0.1, -0.05) is 0 Å². The van der Waals surface area contributed by atoms with Gasteiger partial charge in [0.2, 0.25) is 5.91 Å². The number of carbonyl (C=O) groups is 2. The fourth-order valence-electron chi connectivity index (χ4n) is 1.68. The molecule has 0 bridgehead atoms. The van der Waals surface area contributed by atoms with Crippen LogP contribution in [-0.4, -0.2) is 64.7 Å². The lowest BCUT2D eigenvalue weighted by Gasteiger charge is -2.11. The zero-order valence-corrected chi connectivity index (χ0v) is 11.6. The van der Waals surface area contributed by atoms with Crippen molar-refractivity contribution in [2.45, 2.75) is 12.5 Å². The van der Waals surface area contributed by atoms with Gasteiger partial charge in [0.1, 0.15) is 0 Å². The van der Waals surface area contributed by atoms with E-state index in [0.717, 1.165) is 0 Å². The Morgan fingerprint density at radius 3 is 2.63 bits per heavy atom. The highest BCUT2D eigenvalue weighted by atomic mass is 32.2. The van der Waals surface area contributed by atoms with E-state index < -0.39 is 21.8 Å². The third-order valence-electron chi connectivity index (χ3n) is 2.60. The second-order valence-corrected chi connectivity index (χ2v) is 6.50. The van der Waals surface area contributed by atoms with Crippen molar-refractivity contribution in [1.82, 2.24) is 16.0 Å². The molecule has 0 aromatic heterocycles. The van der Waals surface area contributed by atoms with E-state index in [2.05, 4.69) is 16.0 Å². The number of sulfone groups is 1. The van der Waals surface area contributed by atoms with Crippen molar-refractivity contribution < 1.29 is 22.7 Å². The van der Waals surface area contributed by atoms with E-state index in [1.54, 1.807) is 0 Å². The van der Waals surface area contributed by atoms with Crippen LogP contribution in [0.5, 0.6) is 0 Å². The van der Waals surface area contributed by atoms with Gasteiger partial charge in [0.05, 0.1) is 24.7 Å². The van der Waals surface area contributed by atoms with E-state index >= 15 is 0 Å². The van der Waals surface area contributed by atoms with Gasteiger partial charge in [-0.3, -0.25) is 4.79 Å². The SMILES string of the molecule is COCCNC(=O)NCC(=O)NC1CCS(=O)(=O)C1. The molecule has 1 fully saturated rings. The minimum atomic E-state index is -3.02. The first-order chi connectivity index (χ1) is 8.93. The molecule has 0 aliphatic carbocycles. The molecule has 110 valence electrons. The van der Waals surface area contributed by atoms with E-state index in [1.807, 2.05) is 0 Å². The molecule has 3 amide bonds. The Bertz CT molecular complexity index is 423. The molecule has 0 spiro atoms. The van der Waals surface area contributed by atoms with Crippen molar-refractivity contribution in [3.05, 3.63) is 0 Å². The Morgan fingerprint density at radius 2 is 2.05 bits per heavy atom. The average Bonchev–Trinajstić information content (AvgIpc) is 2.66. The highest BCUT2D eigenvalue weighted by molar-refractivity contribution is 7.91. The van der Waals surface area contributed by atoms with Crippen LogP contribution in [0.4, 0.5) is 4.79 Å². The second-order valence-electron chi connectivity index (χ2n) is 4.27. The summed E-state index contributed by atoms with van der Waals surface area (Å²) in [6, 6.07) is -0.818. The first kappa shape index (κ1) is 15.7. The van der Waals surface area contributed by atoms with Crippen LogP contribution in [0.2, 0.25) is 0 Å². The van der Waals surface area contributed by atoms with Crippen LogP contribution in [-0.2, 0) is 19.4 Å². The van der Waals surface area contributed by atoms with Gasteiger partial charge >= 0.3 is 6.03 Å². The Kier molecular flexibility index (Phi) is 6.03. The van der Waals surface area contributed by atoms with Gasteiger partial charge in [0.25, 0.3) is 0 Å². The Hall–Kier alpha value is -1.35. The van der Waals surface area contributed by atoms with E-state index in [-0.39, 0.29) is 24.1 Å². The number of methoxy groups -OCH3 is 1. The Labute approximate surface area is 112 Å². The van der Waals surface area contributed by atoms with Crippen LogP contribution in [0, 0.1) is 0 Å². The highest BCUT2D eigenvalue weighted by Gasteiger charge is 2.28. The highest BCUT2D eigenvalue weighted by Crippen LogP contribution is 2.10. The maximum absolute atomic E-state index is 11.5. The summed E-state index contributed by atoms with van der Waals surface area (Å²) in [6.07, 6.45) is 0.425. The van der Waals surface area contributed by atoms with E-state index in [9.17, 15) is 18.0 Å². The zero-order chi connectivity index (χ0) is 14.3. The van der Waals surface area contributed by atoms with Gasteiger partial charge in [-0.15, -0.1) is 0 Å². The molecule has 1 heterocycles. The number of carbonyl (C=O) groups excluding carboxylic acids is 2. The third-order valence-corrected chi connectivity index (χ3v) is 4.37. The summed E-state index contributed by atoms with van der Waals surface area (Å²) in [7, 11) is -1.50. The molecule has 1 aliphatic rings. The minimum absolute atomic E-state index is 0.0290. The van der Waals surface area contributed by atoms with Crippen LogP contribution >= 0.6 is 0 Å². The standard InChI is InChI=1S/C10H19N3O5S/c1-18-4-3-11-10(15)12-6-9(14)13-8-2-5-19(16,17)7-8/h8H,2-7H2,1H3,(H,13,14)(H2,11,12,15). The van der Waals surface area contributed by atoms with Gasteiger partial charge in [-0.25, -0.2) is 13.2 Å². The number of amides is 3. The Balaban J connectivity index is 2.16. The lowest BCUT2D eigenvalue weighted by Crippen LogP contribution is -2.45. The smallest absolute Gasteiger partial charge is 0.315 e. The predicted octanol–water partition coefficient (Wildman–Crippen LogP) is -1.76. The van der Waals surface area contributed by atoms with E-state index in [1.165, 1.54) is 7.11 Å². The van der Waals surface area contributed by atoms with Gasteiger partial charge < -0.3 is 20.7 Å². The van der Waals surface area contributed by atoms with E-state index in [4.69, 9.17) is 4.74 Å². The maximum Gasteiger partial charge on any atom is 0.315 e.